The van der Waals surface area contributed by atoms with Crippen LogP contribution in [-0.2, 0) is 4.79 Å². The zero-order chi connectivity index (χ0) is 14.7. The largest absolute Gasteiger partial charge is 0.476 e. The lowest BCUT2D eigenvalue weighted by molar-refractivity contribution is -0.119. The van der Waals surface area contributed by atoms with Crippen molar-refractivity contribution in [1.29, 1.82) is 0 Å². The Morgan fingerprint density at radius 3 is 2.60 bits per heavy atom. The van der Waals surface area contributed by atoms with Crippen LogP contribution in [-0.4, -0.2) is 32.0 Å². The third-order valence-electron chi connectivity index (χ3n) is 2.65. The molecule has 1 aromatic carbocycles. The molecule has 1 amide bonds. The number of benzene rings is 1. The average molecular weight is 278 g/mol. The van der Waals surface area contributed by atoms with Gasteiger partial charge in [0.25, 0.3) is 0 Å². The Morgan fingerprint density at radius 2 is 2.00 bits per heavy atom. The number of aromatic carboxylic acids is 1. The number of aromatic nitrogens is 3. The van der Waals surface area contributed by atoms with Gasteiger partial charge in [0, 0.05) is 5.69 Å². The maximum atomic E-state index is 12.7. The van der Waals surface area contributed by atoms with Gasteiger partial charge in [0.05, 0.1) is 6.20 Å². The molecule has 0 aliphatic heterocycles. The van der Waals surface area contributed by atoms with E-state index in [1.807, 2.05) is 0 Å². The predicted octanol–water partition coefficient (Wildman–Crippen LogP) is 1.32. The standard InChI is InChI=1S/C12H11FN4O3/c1-7(17-10(12(19)20)6-14-16-17)11(18)15-9-4-2-8(13)3-5-9/h2-7H,1H3,(H,15,18)(H,19,20). The molecule has 0 fully saturated rings. The lowest BCUT2D eigenvalue weighted by Gasteiger charge is -2.13. The van der Waals surface area contributed by atoms with Gasteiger partial charge in [-0.05, 0) is 31.2 Å². The highest BCUT2D eigenvalue weighted by atomic mass is 19.1. The van der Waals surface area contributed by atoms with Crippen LogP contribution in [0, 0.1) is 5.82 Å². The first-order valence-corrected chi connectivity index (χ1v) is 5.69. The third kappa shape index (κ3) is 2.79. The molecular weight excluding hydrogens is 267 g/mol. The number of amides is 1. The Kier molecular flexibility index (Phi) is 3.74. The zero-order valence-electron chi connectivity index (χ0n) is 10.4. The predicted molar refractivity (Wildman–Crippen MR) is 66.7 cm³/mol. The minimum Gasteiger partial charge on any atom is -0.476 e. The Balaban J connectivity index is 2.14. The van der Waals surface area contributed by atoms with E-state index in [-0.39, 0.29) is 5.69 Å². The topological polar surface area (TPSA) is 97.1 Å². The molecule has 1 atom stereocenters. The van der Waals surface area contributed by atoms with Crippen LogP contribution in [0.25, 0.3) is 0 Å². The number of hydrogen-bond acceptors (Lipinski definition) is 4. The fourth-order valence-corrected chi connectivity index (χ4v) is 1.57. The monoisotopic (exact) mass is 278 g/mol. The first-order chi connectivity index (χ1) is 9.49. The number of rotatable bonds is 4. The molecule has 0 aliphatic rings. The molecular formula is C12H11FN4O3. The van der Waals surface area contributed by atoms with Crippen molar-refractivity contribution in [3.8, 4) is 0 Å². The number of carboxylic acids is 1. The van der Waals surface area contributed by atoms with E-state index < -0.39 is 23.7 Å². The maximum absolute atomic E-state index is 12.7. The average Bonchev–Trinajstić information content (AvgIpc) is 2.90. The van der Waals surface area contributed by atoms with E-state index in [1.54, 1.807) is 0 Å². The van der Waals surface area contributed by atoms with Crippen molar-refractivity contribution in [2.45, 2.75) is 13.0 Å². The summed E-state index contributed by atoms with van der Waals surface area (Å²) >= 11 is 0. The lowest BCUT2D eigenvalue weighted by atomic mass is 10.2. The number of nitrogens with zero attached hydrogens (tertiary/aromatic N) is 3. The summed E-state index contributed by atoms with van der Waals surface area (Å²) < 4.78 is 13.7. The third-order valence-corrected chi connectivity index (χ3v) is 2.65. The van der Waals surface area contributed by atoms with E-state index in [2.05, 4.69) is 15.6 Å². The number of nitrogens with one attached hydrogen (secondary N) is 1. The molecule has 2 N–H and O–H groups in total. The molecule has 8 heteroatoms. The Morgan fingerprint density at radius 1 is 1.35 bits per heavy atom. The summed E-state index contributed by atoms with van der Waals surface area (Å²) in [6, 6.07) is 4.35. The van der Waals surface area contributed by atoms with Gasteiger partial charge in [-0.25, -0.2) is 13.9 Å². The molecule has 0 saturated heterocycles. The van der Waals surface area contributed by atoms with Crippen molar-refractivity contribution >= 4 is 17.6 Å². The molecule has 0 bridgehead atoms. The SMILES string of the molecule is CC(C(=O)Nc1ccc(F)cc1)n1nncc1C(=O)O. The van der Waals surface area contributed by atoms with Crippen molar-refractivity contribution in [2.75, 3.05) is 5.32 Å². The van der Waals surface area contributed by atoms with E-state index in [0.717, 1.165) is 10.9 Å². The summed E-state index contributed by atoms with van der Waals surface area (Å²) in [4.78, 5) is 22.9. The van der Waals surface area contributed by atoms with Crippen molar-refractivity contribution in [2.24, 2.45) is 0 Å². The number of carbonyl (C=O) groups excluding carboxylic acids is 1. The van der Waals surface area contributed by atoms with Crippen LogP contribution >= 0.6 is 0 Å². The maximum Gasteiger partial charge on any atom is 0.355 e. The van der Waals surface area contributed by atoms with Gasteiger partial charge < -0.3 is 10.4 Å². The highest BCUT2D eigenvalue weighted by molar-refractivity contribution is 5.94. The molecule has 0 radical (unpaired) electrons. The molecule has 2 aromatic rings. The molecule has 2 rings (SSSR count). The molecule has 104 valence electrons. The molecule has 1 aromatic heterocycles. The van der Waals surface area contributed by atoms with E-state index in [1.165, 1.54) is 31.2 Å². The van der Waals surface area contributed by atoms with Crippen molar-refractivity contribution in [1.82, 2.24) is 15.0 Å². The second kappa shape index (κ2) is 5.47. The lowest BCUT2D eigenvalue weighted by Crippen LogP contribution is -2.26. The van der Waals surface area contributed by atoms with E-state index in [4.69, 9.17) is 5.11 Å². The number of anilines is 1. The quantitative estimate of drug-likeness (QED) is 0.879. The number of halogens is 1. The van der Waals surface area contributed by atoms with Crippen LogP contribution in [0.5, 0.6) is 0 Å². The summed E-state index contributed by atoms with van der Waals surface area (Å²) in [5.41, 5.74) is 0.215. The second-order valence-corrected chi connectivity index (χ2v) is 4.04. The van der Waals surface area contributed by atoms with E-state index >= 15 is 0 Å². The van der Waals surface area contributed by atoms with Gasteiger partial charge in [-0.15, -0.1) is 5.10 Å². The fraction of sp³-hybridized carbons (Fsp3) is 0.167. The van der Waals surface area contributed by atoms with Gasteiger partial charge in [-0.1, -0.05) is 5.21 Å². The summed E-state index contributed by atoms with van der Waals surface area (Å²) in [5, 5.41) is 18.5. The van der Waals surface area contributed by atoms with Gasteiger partial charge >= 0.3 is 5.97 Å². The summed E-state index contributed by atoms with van der Waals surface area (Å²) in [6.45, 7) is 1.49. The Hall–Kier alpha value is -2.77. The minimum absolute atomic E-state index is 0.188. The fourth-order valence-electron chi connectivity index (χ4n) is 1.57. The van der Waals surface area contributed by atoms with Crippen molar-refractivity contribution in [3.05, 3.63) is 42.0 Å². The molecule has 20 heavy (non-hydrogen) atoms. The van der Waals surface area contributed by atoms with Crippen molar-refractivity contribution < 1.29 is 19.1 Å². The van der Waals surface area contributed by atoms with Gasteiger partial charge in [0.15, 0.2) is 5.69 Å². The first kappa shape index (κ1) is 13.7. The first-order valence-electron chi connectivity index (χ1n) is 5.69. The van der Waals surface area contributed by atoms with Gasteiger partial charge in [0.2, 0.25) is 5.91 Å². The van der Waals surface area contributed by atoms with Crippen LogP contribution in [0.2, 0.25) is 0 Å². The normalized spacial score (nSPS) is 11.9. The summed E-state index contributed by atoms with van der Waals surface area (Å²) in [7, 11) is 0. The molecule has 0 aliphatic carbocycles. The molecule has 7 nitrogen and oxygen atoms in total. The highest BCUT2D eigenvalue weighted by Gasteiger charge is 2.22. The Bertz CT molecular complexity index is 638. The van der Waals surface area contributed by atoms with Crippen LogP contribution in [0.1, 0.15) is 23.5 Å². The molecule has 1 unspecified atom stereocenters. The zero-order valence-corrected chi connectivity index (χ0v) is 10.4. The van der Waals surface area contributed by atoms with E-state index in [0.29, 0.717) is 5.69 Å². The van der Waals surface area contributed by atoms with Crippen LogP contribution in [0.4, 0.5) is 10.1 Å². The minimum atomic E-state index is -1.23. The van der Waals surface area contributed by atoms with E-state index in [9.17, 15) is 14.0 Å². The van der Waals surface area contributed by atoms with Crippen molar-refractivity contribution in [3.63, 3.8) is 0 Å². The van der Waals surface area contributed by atoms with Gasteiger partial charge in [0.1, 0.15) is 11.9 Å². The summed E-state index contributed by atoms with van der Waals surface area (Å²) in [5.74, 6) is -2.12. The number of carboxylic acid groups (broad SMARTS) is 1. The Labute approximate surface area is 113 Å². The molecule has 1 heterocycles. The number of carbonyl (C=O) groups is 2. The number of hydrogen-bond donors (Lipinski definition) is 2. The molecule has 0 saturated carbocycles. The van der Waals surface area contributed by atoms with Crippen LogP contribution in [0.15, 0.2) is 30.5 Å². The van der Waals surface area contributed by atoms with Gasteiger partial charge in [-0.2, -0.15) is 0 Å². The summed E-state index contributed by atoms with van der Waals surface area (Å²) in [6.07, 6.45) is 1.06. The molecule has 0 spiro atoms. The van der Waals surface area contributed by atoms with Crippen LogP contribution in [0.3, 0.4) is 0 Å². The van der Waals surface area contributed by atoms with Gasteiger partial charge in [-0.3, -0.25) is 4.79 Å². The second-order valence-electron chi connectivity index (χ2n) is 4.04. The smallest absolute Gasteiger partial charge is 0.355 e. The highest BCUT2D eigenvalue weighted by Crippen LogP contribution is 2.13. The van der Waals surface area contributed by atoms with Crippen LogP contribution < -0.4 is 5.32 Å².